The van der Waals surface area contributed by atoms with E-state index in [1.165, 1.54) is 5.56 Å². The molecule has 4 heteroatoms. The molecule has 0 unspecified atom stereocenters. The average Bonchev–Trinajstić information content (AvgIpc) is 2.74. The molecule has 4 nitrogen and oxygen atoms in total. The van der Waals surface area contributed by atoms with Crippen molar-refractivity contribution in [3.8, 4) is 0 Å². The van der Waals surface area contributed by atoms with Crippen molar-refractivity contribution in [2.75, 3.05) is 11.4 Å². The Morgan fingerprint density at radius 1 is 1.30 bits per heavy atom. The predicted octanol–water partition coefficient (Wildman–Crippen LogP) is 2.18. The molecule has 1 aliphatic rings. The molecule has 1 aromatic rings. The number of anilines is 1. The maximum absolute atomic E-state index is 12.1. The van der Waals surface area contributed by atoms with Gasteiger partial charge in [-0.3, -0.25) is 9.59 Å². The van der Waals surface area contributed by atoms with Gasteiger partial charge in [0.25, 0.3) is 0 Å². The Labute approximate surface area is 120 Å². The van der Waals surface area contributed by atoms with E-state index in [1.54, 1.807) is 4.90 Å². The van der Waals surface area contributed by atoms with Crippen LogP contribution < -0.4 is 10.2 Å². The first kappa shape index (κ1) is 14.6. The van der Waals surface area contributed by atoms with E-state index < -0.39 is 0 Å². The van der Waals surface area contributed by atoms with Gasteiger partial charge in [0.05, 0.1) is 5.92 Å². The van der Waals surface area contributed by atoms with Crippen LogP contribution in [0.1, 0.15) is 31.4 Å². The van der Waals surface area contributed by atoms with Crippen LogP contribution >= 0.6 is 0 Å². The Balaban J connectivity index is 2.13. The zero-order valence-electron chi connectivity index (χ0n) is 12.6. The van der Waals surface area contributed by atoms with Crippen molar-refractivity contribution < 1.29 is 9.59 Å². The molecule has 1 aliphatic heterocycles. The van der Waals surface area contributed by atoms with E-state index in [9.17, 15) is 9.59 Å². The Bertz CT molecular complexity index is 537. The first-order valence-corrected chi connectivity index (χ1v) is 7.06. The number of rotatable bonds is 3. The van der Waals surface area contributed by atoms with Crippen molar-refractivity contribution in [3.05, 3.63) is 29.3 Å². The largest absolute Gasteiger partial charge is 0.354 e. The fourth-order valence-corrected chi connectivity index (χ4v) is 2.43. The summed E-state index contributed by atoms with van der Waals surface area (Å²) >= 11 is 0. The Morgan fingerprint density at radius 3 is 2.60 bits per heavy atom. The summed E-state index contributed by atoms with van der Waals surface area (Å²) in [5, 5.41) is 2.88. The van der Waals surface area contributed by atoms with Crippen molar-refractivity contribution in [1.29, 1.82) is 0 Å². The highest BCUT2D eigenvalue weighted by Gasteiger charge is 2.35. The lowest BCUT2D eigenvalue weighted by atomic mass is 10.1. The van der Waals surface area contributed by atoms with E-state index in [0.29, 0.717) is 13.0 Å². The molecule has 1 N–H and O–H groups in total. The molecule has 0 radical (unpaired) electrons. The van der Waals surface area contributed by atoms with E-state index in [0.717, 1.165) is 11.3 Å². The van der Waals surface area contributed by atoms with Crippen molar-refractivity contribution in [3.63, 3.8) is 0 Å². The maximum Gasteiger partial charge on any atom is 0.227 e. The second-order valence-electron chi connectivity index (χ2n) is 5.84. The second-order valence-corrected chi connectivity index (χ2v) is 5.84. The van der Waals surface area contributed by atoms with Crippen molar-refractivity contribution in [2.24, 2.45) is 5.92 Å². The predicted molar refractivity (Wildman–Crippen MR) is 79.7 cm³/mol. The second kappa shape index (κ2) is 5.65. The van der Waals surface area contributed by atoms with Crippen LogP contribution in [0.25, 0.3) is 0 Å². The molecule has 0 bridgehead atoms. The molecule has 0 saturated carbocycles. The highest BCUT2D eigenvalue weighted by Crippen LogP contribution is 2.26. The summed E-state index contributed by atoms with van der Waals surface area (Å²) in [6, 6.07) is 6.08. The lowest BCUT2D eigenvalue weighted by Gasteiger charge is -2.18. The lowest BCUT2D eigenvalue weighted by Crippen LogP contribution is -2.36. The van der Waals surface area contributed by atoms with Crippen LogP contribution in [0.5, 0.6) is 0 Å². The van der Waals surface area contributed by atoms with Gasteiger partial charge in [-0.05, 0) is 51.0 Å². The number of amides is 2. The van der Waals surface area contributed by atoms with Gasteiger partial charge in [-0.15, -0.1) is 0 Å². The molecular formula is C16H22N2O2. The minimum Gasteiger partial charge on any atom is -0.354 e. The number of nitrogens with one attached hydrogen (secondary N) is 1. The third-order valence-corrected chi connectivity index (χ3v) is 3.73. The van der Waals surface area contributed by atoms with E-state index >= 15 is 0 Å². The molecule has 0 aliphatic carbocycles. The van der Waals surface area contributed by atoms with Crippen LogP contribution in [0.3, 0.4) is 0 Å². The van der Waals surface area contributed by atoms with E-state index in [1.807, 2.05) is 45.9 Å². The smallest absolute Gasteiger partial charge is 0.227 e. The normalized spacial score (nSPS) is 18.8. The molecular weight excluding hydrogens is 252 g/mol. The van der Waals surface area contributed by atoms with Crippen LogP contribution in [-0.4, -0.2) is 24.4 Å². The summed E-state index contributed by atoms with van der Waals surface area (Å²) in [5.74, 6) is -0.247. The highest BCUT2D eigenvalue weighted by molar-refractivity contribution is 6.00. The standard InChI is InChI=1S/C16H22N2O2/c1-10(2)17-16(20)13-8-15(19)18(9-13)14-6-5-11(3)12(4)7-14/h5-7,10,13H,8-9H2,1-4H3,(H,17,20)/t13-/m1/s1. The minimum absolute atomic E-state index is 0.0251. The molecule has 0 spiro atoms. The Morgan fingerprint density at radius 2 is 2.00 bits per heavy atom. The van der Waals surface area contributed by atoms with Crippen LogP contribution in [-0.2, 0) is 9.59 Å². The van der Waals surface area contributed by atoms with E-state index in [4.69, 9.17) is 0 Å². The van der Waals surface area contributed by atoms with E-state index in [2.05, 4.69) is 5.32 Å². The number of benzene rings is 1. The molecule has 108 valence electrons. The van der Waals surface area contributed by atoms with Gasteiger partial charge in [-0.2, -0.15) is 0 Å². The van der Waals surface area contributed by atoms with Crippen molar-refractivity contribution in [1.82, 2.24) is 5.32 Å². The fraction of sp³-hybridized carbons (Fsp3) is 0.500. The number of nitrogens with zero attached hydrogens (tertiary/aromatic N) is 1. The van der Waals surface area contributed by atoms with Crippen molar-refractivity contribution in [2.45, 2.75) is 40.2 Å². The first-order chi connectivity index (χ1) is 9.38. The highest BCUT2D eigenvalue weighted by atomic mass is 16.2. The van der Waals surface area contributed by atoms with Gasteiger partial charge in [0.1, 0.15) is 0 Å². The van der Waals surface area contributed by atoms with Crippen molar-refractivity contribution >= 4 is 17.5 Å². The van der Waals surface area contributed by atoms with E-state index in [-0.39, 0.29) is 23.8 Å². The van der Waals surface area contributed by atoms with Gasteiger partial charge < -0.3 is 10.2 Å². The molecule has 2 rings (SSSR count). The van der Waals surface area contributed by atoms with Crippen LogP contribution in [0.4, 0.5) is 5.69 Å². The molecule has 1 saturated heterocycles. The maximum atomic E-state index is 12.1. The molecule has 1 fully saturated rings. The minimum atomic E-state index is -0.244. The van der Waals surface area contributed by atoms with Crippen LogP contribution in [0.2, 0.25) is 0 Å². The quantitative estimate of drug-likeness (QED) is 0.918. The van der Waals surface area contributed by atoms with Crippen LogP contribution in [0.15, 0.2) is 18.2 Å². The topological polar surface area (TPSA) is 49.4 Å². The Hall–Kier alpha value is -1.84. The molecule has 0 aromatic heterocycles. The molecule has 20 heavy (non-hydrogen) atoms. The molecule has 1 aromatic carbocycles. The zero-order valence-corrected chi connectivity index (χ0v) is 12.6. The number of hydrogen-bond acceptors (Lipinski definition) is 2. The van der Waals surface area contributed by atoms with Gasteiger partial charge in [0, 0.05) is 24.7 Å². The van der Waals surface area contributed by atoms with Gasteiger partial charge in [-0.1, -0.05) is 6.07 Å². The molecule has 2 amide bonds. The summed E-state index contributed by atoms with van der Waals surface area (Å²) < 4.78 is 0. The number of carbonyl (C=O) groups is 2. The van der Waals surface area contributed by atoms with Gasteiger partial charge in [0.2, 0.25) is 11.8 Å². The van der Waals surface area contributed by atoms with Gasteiger partial charge in [-0.25, -0.2) is 0 Å². The lowest BCUT2D eigenvalue weighted by molar-refractivity contribution is -0.126. The van der Waals surface area contributed by atoms with Gasteiger partial charge >= 0.3 is 0 Å². The third-order valence-electron chi connectivity index (χ3n) is 3.73. The molecule has 1 heterocycles. The fourth-order valence-electron chi connectivity index (χ4n) is 2.43. The number of aryl methyl sites for hydroxylation is 2. The first-order valence-electron chi connectivity index (χ1n) is 7.06. The summed E-state index contributed by atoms with van der Waals surface area (Å²) in [6.07, 6.45) is 0.297. The Kier molecular flexibility index (Phi) is 4.12. The zero-order chi connectivity index (χ0) is 14.9. The monoisotopic (exact) mass is 274 g/mol. The summed E-state index contributed by atoms with van der Waals surface area (Å²) in [6.45, 7) is 8.40. The number of carbonyl (C=O) groups excluding carboxylic acids is 2. The average molecular weight is 274 g/mol. The SMILES string of the molecule is Cc1ccc(N2C[C@H](C(=O)NC(C)C)CC2=O)cc1C. The number of hydrogen-bond donors (Lipinski definition) is 1. The summed E-state index contributed by atoms with van der Waals surface area (Å²) in [4.78, 5) is 25.8. The summed E-state index contributed by atoms with van der Waals surface area (Å²) in [7, 11) is 0. The molecule has 1 atom stereocenters. The third kappa shape index (κ3) is 3.00. The summed E-state index contributed by atoms with van der Waals surface area (Å²) in [5.41, 5.74) is 3.25. The van der Waals surface area contributed by atoms with Crippen LogP contribution in [0, 0.1) is 19.8 Å². The van der Waals surface area contributed by atoms with Gasteiger partial charge in [0.15, 0.2) is 0 Å².